The number of benzene rings is 1. The lowest BCUT2D eigenvalue weighted by molar-refractivity contribution is 0.475. The number of aryl methyl sites for hydroxylation is 1. The first-order chi connectivity index (χ1) is 9.95. The van der Waals surface area contributed by atoms with Crippen molar-refractivity contribution in [2.45, 2.75) is 39.8 Å². The smallest absolute Gasteiger partial charge is 0.126 e. The third-order valence-corrected chi connectivity index (χ3v) is 3.78. The Bertz CT molecular complexity index is 622. The summed E-state index contributed by atoms with van der Waals surface area (Å²) in [6, 6.07) is 5.29. The van der Waals surface area contributed by atoms with E-state index in [0.29, 0.717) is 10.6 Å². The van der Waals surface area contributed by atoms with Crippen molar-refractivity contribution < 1.29 is 4.39 Å². The van der Waals surface area contributed by atoms with Crippen molar-refractivity contribution in [3.8, 4) is 0 Å². The van der Waals surface area contributed by atoms with Crippen LogP contribution in [0.4, 0.5) is 4.39 Å². The van der Waals surface area contributed by atoms with Crippen LogP contribution in [-0.2, 0) is 0 Å². The van der Waals surface area contributed by atoms with Crippen molar-refractivity contribution >= 4 is 11.6 Å². The first-order valence-electron chi connectivity index (χ1n) is 7.18. The maximum absolute atomic E-state index is 13.9. The van der Waals surface area contributed by atoms with Gasteiger partial charge in [-0.25, -0.2) is 4.39 Å². The Balaban J connectivity index is 2.53. The average molecular weight is 310 g/mol. The molecule has 0 aliphatic rings. The molecule has 3 nitrogen and oxygen atoms in total. The summed E-state index contributed by atoms with van der Waals surface area (Å²) in [7, 11) is 0. The van der Waals surface area contributed by atoms with Crippen molar-refractivity contribution in [3.05, 3.63) is 52.1 Å². The summed E-state index contributed by atoms with van der Waals surface area (Å²) >= 11 is 6.32. The molecule has 1 aromatic heterocycles. The van der Waals surface area contributed by atoms with Crippen molar-refractivity contribution in [2.75, 3.05) is 6.54 Å². The Kier molecular flexibility index (Phi) is 5.01. The first-order valence-corrected chi connectivity index (χ1v) is 7.55. The Morgan fingerprint density at radius 1 is 1.38 bits per heavy atom. The van der Waals surface area contributed by atoms with Crippen LogP contribution in [0.15, 0.2) is 24.4 Å². The summed E-state index contributed by atoms with van der Waals surface area (Å²) in [4.78, 5) is 0. The Hall–Kier alpha value is -1.39. The normalized spacial score (nSPS) is 12.9. The van der Waals surface area contributed by atoms with Crippen LogP contribution in [0.3, 0.4) is 0 Å². The second kappa shape index (κ2) is 6.58. The maximum atomic E-state index is 13.9. The maximum Gasteiger partial charge on any atom is 0.126 e. The SMILES string of the molecule is CCNC(c1ccc(C)c(F)c1)c1c(Cl)cnn1C(C)C. The number of halogens is 2. The largest absolute Gasteiger partial charge is 0.305 e. The zero-order chi connectivity index (χ0) is 15.6. The molecule has 1 atom stereocenters. The minimum Gasteiger partial charge on any atom is -0.305 e. The number of rotatable bonds is 5. The predicted molar refractivity (Wildman–Crippen MR) is 84.3 cm³/mol. The first kappa shape index (κ1) is 16.0. The molecule has 1 heterocycles. The van der Waals surface area contributed by atoms with Gasteiger partial charge in [0.2, 0.25) is 0 Å². The fourth-order valence-corrected chi connectivity index (χ4v) is 2.64. The Morgan fingerprint density at radius 2 is 2.10 bits per heavy atom. The molecule has 0 amide bonds. The van der Waals surface area contributed by atoms with E-state index in [1.165, 1.54) is 0 Å². The van der Waals surface area contributed by atoms with Gasteiger partial charge in [0.1, 0.15) is 5.82 Å². The van der Waals surface area contributed by atoms with Crippen molar-refractivity contribution in [3.63, 3.8) is 0 Å². The molecule has 0 spiro atoms. The fraction of sp³-hybridized carbons (Fsp3) is 0.438. The van der Waals surface area contributed by atoms with Gasteiger partial charge in [-0.1, -0.05) is 30.7 Å². The van der Waals surface area contributed by atoms with Crippen molar-refractivity contribution in [1.29, 1.82) is 0 Å². The van der Waals surface area contributed by atoms with E-state index in [4.69, 9.17) is 11.6 Å². The van der Waals surface area contributed by atoms with Crippen LogP contribution in [-0.4, -0.2) is 16.3 Å². The predicted octanol–water partition coefficient (Wildman–Crippen LogP) is 4.26. The van der Waals surface area contributed by atoms with E-state index in [2.05, 4.69) is 10.4 Å². The second-order valence-electron chi connectivity index (χ2n) is 5.42. The highest BCUT2D eigenvalue weighted by Crippen LogP contribution is 2.30. The van der Waals surface area contributed by atoms with Gasteiger partial charge in [-0.05, 0) is 44.5 Å². The summed E-state index contributed by atoms with van der Waals surface area (Å²) in [6.07, 6.45) is 1.64. The standard InChI is InChI=1S/C16H21ClFN3/c1-5-19-15(12-7-6-11(4)14(18)8-12)16-13(17)9-20-21(16)10(2)3/h6-10,15,19H,5H2,1-4H3. The molecule has 0 bridgehead atoms. The van der Waals surface area contributed by atoms with E-state index in [1.807, 2.05) is 31.5 Å². The molecule has 0 saturated carbocycles. The molecular weight excluding hydrogens is 289 g/mol. The topological polar surface area (TPSA) is 29.9 Å². The molecule has 0 aliphatic heterocycles. The zero-order valence-corrected chi connectivity index (χ0v) is 13.6. The van der Waals surface area contributed by atoms with Gasteiger partial charge in [0, 0.05) is 6.04 Å². The second-order valence-corrected chi connectivity index (χ2v) is 5.82. The van der Waals surface area contributed by atoms with Crippen LogP contribution in [0, 0.1) is 12.7 Å². The zero-order valence-electron chi connectivity index (χ0n) is 12.8. The van der Waals surface area contributed by atoms with Crippen LogP contribution in [0.25, 0.3) is 0 Å². The molecule has 1 N–H and O–H groups in total. The number of hydrogen-bond acceptors (Lipinski definition) is 2. The van der Waals surface area contributed by atoms with E-state index in [1.54, 1.807) is 25.3 Å². The molecule has 1 aromatic carbocycles. The van der Waals surface area contributed by atoms with Gasteiger partial charge in [0.25, 0.3) is 0 Å². The number of hydrogen-bond donors (Lipinski definition) is 1. The van der Waals surface area contributed by atoms with Crippen LogP contribution in [0.2, 0.25) is 5.02 Å². The molecule has 2 aromatic rings. The van der Waals surface area contributed by atoms with Crippen molar-refractivity contribution in [2.24, 2.45) is 0 Å². The van der Waals surface area contributed by atoms with Gasteiger partial charge < -0.3 is 5.32 Å². The van der Waals surface area contributed by atoms with Gasteiger partial charge in [-0.3, -0.25) is 4.68 Å². The van der Waals surface area contributed by atoms with Crippen molar-refractivity contribution in [1.82, 2.24) is 15.1 Å². The van der Waals surface area contributed by atoms with Crippen LogP contribution in [0.5, 0.6) is 0 Å². The highest BCUT2D eigenvalue weighted by atomic mass is 35.5. The lowest BCUT2D eigenvalue weighted by Crippen LogP contribution is -2.26. The Labute approximate surface area is 130 Å². The lowest BCUT2D eigenvalue weighted by atomic mass is 10.0. The van der Waals surface area contributed by atoms with Gasteiger partial charge in [-0.15, -0.1) is 0 Å². The fourth-order valence-electron chi connectivity index (χ4n) is 2.40. The quantitative estimate of drug-likeness (QED) is 0.894. The van der Waals surface area contributed by atoms with E-state index in [0.717, 1.165) is 17.8 Å². The van der Waals surface area contributed by atoms with E-state index in [-0.39, 0.29) is 17.9 Å². The third-order valence-electron chi connectivity index (χ3n) is 3.49. The minimum absolute atomic E-state index is 0.178. The molecule has 0 radical (unpaired) electrons. The molecule has 21 heavy (non-hydrogen) atoms. The van der Waals surface area contributed by atoms with Gasteiger partial charge in [-0.2, -0.15) is 5.10 Å². The van der Waals surface area contributed by atoms with Crippen LogP contribution in [0.1, 0.15) is 49.7 Å². The molecule has 2 rings (SSSR count). The van der Waals surface area contributed by atoms with Crippen LogP contribution < -0.4 is 5.32 Å². The molecule has 0 saturated heterocycles. The van der Waals surface area contributed by atoms with E-state index in [9.17, 15) is 4.39 Å². The minimum atomic E-state index is -0.206. The number of nitrogens with one attached hydrogen (secondary N) is 1. The highest BCUT2D eigenvalue weighted by Gasteiger charge is 2.23. The summed E-state index contributed by atoms with van der Waals surface area (Å²) < 4.78 is 15.8. The average Bonchev–Trinajstić information content (AvgIpc) is 2.81. The monoisotopic (exact) mass is 309 g/mol. The molecule has 1 unspecified atom stereocenters. The molecule has 0 aliphatic carbocycles. The summed E-state index contributed by atoms with van der Waals surface area (Å²) in [6.45, 7) is 8.62. The molecule has 114 valence electrons. The van der Waals surface area contributed by atoms with Gasteiger partial charge >= 0.3 is 0 Å². The lowest BCUT2D eigenvalue weighted by Gasteiger charge is -2.22. The summed E-state index contributed by atoms with van der Waals surface area (Å²) in [5, 5.41) is 8.30. The van der Waals surface area contributed by atoms with Gasteiger partial charge in [0.05, 0.1) is 23.0 Å². The van der Waals surface area contributed by atoms with E-state index < -0.39 is 0 Å². The van der Waals surface area contributed by atoms with Crippen LogP contribution >= 0.6 is 11.6 Å². The Morgan fingerprint density at radius 3 is 2.67 bits per heavy atom. The molecular formula is C16H21ClFN3. The number of aromatic nitrogens is 2. The molecule has 0 fully saturated rings. The summed E-state index contributed by atoms with van der Waals surface area (Å²) in [5.41, 5.74) is 2.36. The summed E-state index contributed by atoms with van der Waals surface area (Å²) in [5.74, 6) is -0.206. The third kappa shape index (κ3) is 3.27. The number of nitrogens with zero attached hydrogens (tertiary/aromatic N) is 2. The van der Waals surface area contributed by atoms with Gasteiger partial charge in [0.15, 0.2) is 0 Å². The highest BCUT2D eigenvalue weighted by molar-refractivity contribution is 6.31. The van der Waals surface area contributed by atoms with E-state index >= 15 is 0 Å². The molecule has 5 heteroatoms.